The van der Waals surface area contributed by atoms with Gasteiger partial charge < -0.3 is 10.4 Å². The van der Waals surface area contributed by atoms with E-state index in [1.807, 2.05) is 24.3 Å². The molecule has 0 saturated carbocycles. The summed E-state index contributed by atoms with van der Waals surface area (Å²) < 4.78 is 0. The fourth-order valence-electron chi connectivity index (χ4n) is 5.06. The van der Waals surface area contributed by atoms with Crippen LogP contribution >= 0.6 is 0 Å². The van der Waals surface area contributed by atoms with Gasteiger partial charge in [0.2, 0.25) is 0 Å². The fourth-order valence-corrected chi connectivity index (χ4v) is 5.06. The summed E-state index contributed by atoms with van der Waals surface area (Å²) >= 11 is 0. The summed E-state index contributed by atoms with van der Waals surface area (Å²) in [7, 11) is 0. The van der Waals surface area contributed by atoms with Crippen molar-refractivity contribution in [3.63, 3.8) is 0 Å². The molecule has 2 aromatic rings. The molecule has 134 valence electrons. The second kappa shape index (κ2) is 6.25. The molecule has 2 fully saturated rings. The van der Waals surface area contributed by atoms with Gasteiger partial charge in [-0.05, 0) is 17.5 Å². The second-order valence-electron chi connectivity index (χ2n) is 7.94. The molecule has 6 unspecified atom stereocenters. The minimum atomic E-state index is -1.05. The molecule has 0 bridgehead atoms. The van der Waals surface area contributed by atoms with Crippen molar-refractivity contribution >= 4 is 0 Å². The average Bonchev–Trinajstić information content (AvgIpc) is 2.96. The summed E-state index contributed by atoms with van der Waals surface area (Å²) in [4.78, 5) is 0. The lowest BCUT2D eigenvalue weighted by Gasteiger charge is -2.56. The van der Waals surface area contributed by atoms with E-state index >= 15 is 0 Å². The second-order valence-corrected chi connectivity index (χ2v) is 7.94. The molecule has 0 aliphatic carbocycles. The zero-order valence-electron chi connectivity index (χ0n) is 15.3. The van der Waals surface area contributed by atoms with Crippen LogP contribution < -0.4 is 10.6 Å². The van der Waals surface area contributed by atoms with Crippen LogP contribution in [0.25, 0.3) is 0 Å². The summed E-state index contributed by atoms with van der Waals surface area (Å²) in [5.74, 6) is 2.78. The van der Waals surface area contributed by atoms with E-state index in [0.29, 0.717) is 0 Å². The third kappa shape index (κ3) is 2.41. The molecule has 0 amide bonds. The third-order valence-corrected chi connectivity index (χ3v) is 6.53. The van der Waals surface area contributed by atoms with Crippen LogP contribution in [0.3, 0.4) is 0 Å². The number of benzene rings is 2. The zero-order chi connectivity index (χ0) is 18.4. The molecule has 4 rings (SSSR count). The maximum atomic E-state index is 11.9. The summed E-state index contributed by atoms with van der Waals surface area (Å²) in [6.45, 7) is 4.26. The Morgan fingerprint density at radius 2 is 1.62 bits per heavy atom. The monoisotopic (exact) mass is 346 g/mol. The van der Waals surface area contributed by atoms with E-state index in [2.05, 4.69) is 66.8 Å². The molecule has 0 radical (unpaired) electrons. The highest BCUT2D eigenvalue weighted by atomic mass is 16.3. The number of hydrogen-bond acceptors (Lipinski definition) is 3. The van der Waals surface area contributed by atoms with E-state index in [1.54, 1.807) is 0 Å². The first-order valence-corrected chi connectivity index (χ1v) is 9.32. The molecule has 3 nitrogen and oxygen atoms in total. The van der Waals surface area contributed by atoms with Gasteiger partial charge in [-0.1, -0.05) is 80.4 Å². The predicted molar refractivity (Wildman–Crippen MR) is 104 cm³/mol. The number of terminal acetylenes is 1. The van der Waals surface area contributed by atoms with Gasteiger partial charge in [-0.3, -0.25) is 5.32 Å². The van der Waals surface area contributed by atoms with Crippen LogP contribution in [0, 0.1) is 23.7 Å². The molecule has 3 N–H and O–H groups in total. The van der Waals surface area contributed by atoms with Crippen molar-refractivity contribution in [1.29, 1.82) is 0 Å². The van der Waals surface area contributed by atoms with Gasteiger partial charge in [0.15, 0.2) is 0 Å². The van der Waals surface area contributed by atoms with Crippen LogP contribution in [-0.2, 0) is 0 Å². The van der Waals surface area contributed by atoms with Gasteiger partial charge in [-0.15, -0.1) is 6.42 Å². The van der Waals surface area contributed by atoms with Crippen LogP contribution in [-0.4, -0.2) is 16.9 Å². The number of piperidine rings is 1. The van der Waals surface area contributed by atoms with Gasteiger partial charge in [0.05, 0.1) is 6.04 Å². The SMILES string of the molecule is C#CC1CC2(C)C(c3ccccc3)NC(c3ccccc3)C(C)C2(O)N1. The fraction of sp³-hybridized carbons (Fsp3) is 0.391. The summed E-state index contributed by atoms with van der Waals surface area (Å²) in [6, 6.07) is 20.6. The lowest BCUT2D eigenvalue weighted by atomic mass is 9.61. The Kier molecular flexibility index (Phi) is 4.16. The smallest absolute Gasteiger partial charge is 0.128 e. The Morgan fingerprint density at radius 3 is 2.19 bits per heavy atom. The predicted octanol–water partition coefficient (Wildman–Crippen LogP) is 3.40. The first kappa shape index (κ1) is 17.3. The topological polar surface area (TPSA) is 44.3 Å². The van der Waals surface area contributed by atoms with Crippen molar-refractivity contribution in [2.45, 2.75) is 44.1 Å². The van der Waals surface area contributed by atoms with Crippen LogP contribution in [0.5, 0.6) is 0 Å². The van der Waals surface area contributed by atoms with Gasteiger partial charge in [0.25, 0.3) is 0 Å². The maximum absolute atomic E-state index is 11.9. The van der Waals surface area contributed by atoms with Gasteiger partial charge >= 0.3 is 0 Å². The van der Waals surface area contributed by atoms with E-state index in [4.69, 9.17) is 6.42 Å². The number of hydrogen-bond donors (Lipinski definition) is 3. The molecule has 2 aliphatic heterocycles. The number of nitrogens with one attached hydrogen (secondary N) is 2. The van der Waals surface area contributed by atoms with E-state index < -0.39 is 11.1 Å². The average molecular weight is 346 g/mol. The highest BCUT2D eigenvalue weighted by Gasteiger charge is 2.65. The number of fused-ring (bicyclic) bond motifs is 1. The summed E-state index contributed by atoms with van der Waals surface area (Å²) in [5.41, 5.74) is 0.912. The quantitative estimate of drug-likeness (QED) is 0.730. The molecule has 2 heterocycles. The maximum Gasteiger partial charge on any atom is 0.128 e. The van der Waals surface area contributed by atoms with E-state index in [9.17, 15) is 5.11 Å². The Hall–Kier alpha value is -2.12. The molecule has 3 heteroatoms. The Balaban J connectivity index is 1.84. The molecule has 6 atom stereocenters. The summed E-state index contributed by atoms with van der Waals surface area (Å²) in [6.07, 6.45) is 6.47. The highest BCUT2D eigenvalue weighted by Crippen LogP contribution is 2.58. The molecular formula is C23H26N2O. The molecular weight excluding hydrogens is 320 g/mol. The Morgan fingerprint density at radius 1 is 1.04 bits per heavy atom. The van der Waals surface area contributed by atoms with Crippen LogP contribution in [0.4, 0.5) is 0 Å². The summed E-state index contributed by atoms with van der Waals surface area (Å²) in [5, 5.41) is 19.1. The third-order valence-electron chi connectivity index (χ3n) is 6.53. The Bertz CT molecular complexity index is 815. The van der Waals surface area contributed by atoms with E-state index in [0.717, 1.165) is 6.42 Å². The van der Waals surface area contributed by atoms with Gasteiger partial charge in [-0.25, -0.2) is 0 Å². The largest absolute Gasteiger partial charge is 0.375 e. The molecule has 2 aromatic carbocycles. The van der Waals surface area contributed by atoms with Gasteiger partial charge in [0, 0.05) is 23.4 Å². The Labute approximate surface area is 155 Å². The van der Waals surface area contributed by atoms with Crippen LogP contribution in [0.2, 0.25) is 0 Å². The first-order valence-electron chi connectivity index (χ1n) is 9.32. The lowest BCUT2D eigenvalue weighted by molar-refractivity contribution is -0.163. The van der Waals surface area contributed by atoms with E-state index in [1.165, 1.54) is 11.1 Å². The first-order chi connectivity index (χ1) is 12.5. The van der Waals surface area contributed by atoms with E-state index in [-0.39, 0.29) is 24.0 Å². The number of aliphatic hydroxyl groups is 1. The molecule has 26 heavy (non-hydrogen) atoms. The van der Waals surface area contributed by atoms with Gasteiger partial charge in [0.1, 0.15) is 5.72 Å². The molecule has 0 aromatic heterocycles. The van der Waals surface area contributed by atoms with Crippen molar-refractivity contribution in [2.75, 3.05) is 0 Å². The minimum absolute atomic E-state index is 0.000885. The lowest BCUT2D eigenvalue weighted by Crippen LogP contribution is -2.66. The standard InChI is InChI=1S/C23H26N2O/c1-4-19-15-22(3)21(18-13-9-6-10-14-18)24-20(16(2)23(22,26)25-19)17-11-7-5-8-12-17/h1,5-14,16,19-21,24-26H,15H2,2-3H3. The van der Waals surface area contributed by atoms with Crippen LogP contribution in [0.15, 0.2) is 60.7 Å². The van der Waals surface area contributed by atoms with Crippen molar-refractivity contribution in [3.05, 3.63) is 71.8 Å². The highest BCUT2D eigenvalue weighted by molar-refractivity contribution is 5.32. The minimum Gasteiger partial charge on any atom is -0.375 e. The molecule has 0 spiro atoms. The van der Waals surface area contributed by atoms with Gasteiger partial charge in [-0.2, -0.15) is 0 Å². The number of rotatable bonds is 2. The van der Waals surface area contributed by atoms with Crippen LogP contribution in [0.1, 0.15) is 43.5 Å². The molecule has 2 aliphatic rings. The zero-order valence-corrected chi connectivity index (χ0v) is 15.3. The van der Waals surface area contributed by atoms with Crippen molar-refractivity contribution in [2.24, 2.45) is 11.3 Å². The normalized spacial score (nSPS) is 39.2. The van der Waals surface area contributed by atoms with Crippen molar-refractivity contribution in [1.82, 2.24) is 10.6 Å². The van der Waals surface area contributed by atoms with Crippen molar-refractivity contribution in [3.8, 4) is 12.3 Å². The molecule has 2 saturated heterocycles. The van der Waals surface area contributed by atoms with Crippen molar-refractivity contribution < 1.29 is 5.11 Å².